The summed E-state index contributed by atoms with van der Waals surface area (Å²) in [6, 6.07) is 51.4. The van der Waals surface area contributed by atoms with Crippen LogP contribution in [-0.2, 0) is 0 Å². The van der Waals surface area contributed by atoms with Crippen molar-refractivity contribution in [1.82, 2.24) is 0 Å². The molecule has 0 heteroatoms. The molecule has 0 N–H and O–H groups in total. The zero-order chi connectivity index (χ0) is 37.4. The highest BCUT2D eigenvalue weighted by Gasteiger charge is 2.14. The van der Waals surface area contributed by atoms with Gasteiger partial charge >= 0.3 is 0 Å². The van der Waals surface area contributed by atoms with Gasteiger partial charge in [0, 0.05) is 0 Å². The molecule has 0 saturated carbocycles. The molecule has 0 aliphatic carbocycles. The summed E-state index contributed by atoms with van der Waals surface area (Å²) in [5.41, 5.74) is 22.5. The van der Waals surface area contributed by atoms with E-state index in [2.05, 4.69) is 202 Å². The maximum Gasteiger partial charge on any atom is -0.0116 e. The Bertz CT molecular complexity index is 2600. The van der Waals surface area contributed by atoms with Crippen molar-refractivity contribution in [2.24, 2.45) is 0 Å². The molecule has 0 saturated heterocycles. The predicted octanol–water partition coefficient (Wildman–Crippen LogP) is 15.1. The number of benzene rings is 8. The highest BCUT2D eigenvalue weighted by molar-refractivity contribution is 5.98. The summed E-state index contributed by atoms with van der Waals surface area (Å²) < 4.78 is 0. The maximum atomic E-state index is 2.36. The van der Waals surface area contributed by atoms with E-state index in [4.69, 9.17) is 0 Å². The minimum Gasteiger partial charge on any atom is -0.0587 e. The van der Waals surface area contributed by atoms with Gasteiger partial charge in [-0.15, -0.1) is 0 Å². The molecule has 0 aliphatic heterocycles. The van der Waals surface area contributed by atoms with Crippen LogP contribution in [0.4, 0.5) is 0 Å². The Hall–Kier alpha value is -5.72. The second kappa shape index (κ2) is 14.7. The average Bonchev–Trinajstić information content (AvgIpc) is 3.15. The van der Waals surface area contributed by atoms with Crippen molar-refractivity contribution in [3.63, 3.8) is 0 Å². The smallest absolute Gasteiger partial charge is 0.0116 e. The molecule has 262 valence electrons. The highest BCUT2D eigenvalue weighted by Crippen LogP contribution is 2.38. The summed E-state index contributed by atoms with van der Waals surface area (Å²) in [5, 5.41) is 5.32. The van der Waals surface area contributed by atoms with E-state index in [-0.39, 0.29) is 0 Å². The van der Waals surface area contributed by atoms with Gasteiger partial charge in [0.05, 0.1) is 0 Å². The van der Waals surface area contributed by atoms with E-state index in [1.54, 1.807) is 0 Å². The zero-order valence-corrected chi connectivity index (χ0v) is 32.8. The third-order valence-corrected chi connectivity index (χ3v) is 11.3. The van der Waals surface area contributed by atoms with Crippen molar-refractivity contribution < 1.29 is 0 Å². The lowest BCUT2D eigenvalue weighted by Crippen LogP contribution is -1.94. The van der Waals surface area contributed by atoms with Crippen LogP contribution in [0.2, 0.25) is 0 Å². The molecule has 8 rings (SSSR count). The second-order valence-electron chi connectivity index (χ2n) is 15.1. The molecule has 0 nitrogen and oxygen atoms in total. The normalized spacial score (nSPS) is 11.1. The third kappa shape index (κ3) is 7.20. The summed E-state index contributed by atoms with van der Waals surface area (Å²) in [4.78, 5) is 0. The van der Waals surface area contributed by atoms with Crippen LogP contribution in [0.1, 0.15) is 50.1 Å². The van der Waals surface area contributed by atoms with E-state index < -0.39 is 0 Å². The Morgan fingerprint density at radius 1 is 0.226 bits per heavy atom. The van der Waals surface area contributed by atoms with Gasteiger partial charge in [-0.05, 0) is 168 Å². The molecule has 0 amide bonds. The first-order valence-electron chi connectivity index (χ1n) is 18.8. The number of fused-ring (bicyclic) bond motifs is 2. The van der Waals surface area contributed by atoms with E-state index in [1.807, 2.05) is 0 Å². The van der Waals surface area contributed by atoms with Crippen LogP contribution in [0.3, 0.4) is 0 Å². The van der Waals surface area contributed by atoms with Gasteiger partial charge in [0.25, 0.3) is 0 Å². The number of aryl methyl sites for hydroxylation is 6. The van der Waals surface area contributed by atoms with E-state index in [1.165, 1.54) is 116 Å². The molecule has 0 bridgehead atoms. The van der Waals surface area contributed by atoms with Gasteiger partial charge in [-0.25, -0.2) is 0 Å². The summed E-state index contributed by atoms with van der Waals surface area (Å²) >= 11 is 0. The van der Waals surface area contributed by atoms with Crippen molar-refractivity contribution in [2.45, 2.75) is 62.3 Å². The first-order valence-corrected chi connectivity index (χ1v) is 18.8. The van der Waals surface area contributed by atoms with Crippen molar-refractivity contribution in [1.29, 1.82) is 0 Å². The molecule has 0 heterocycles. The lowest BCUT2D eigenvalue weighted by molar-refractivity contribution is 1.34. The topological polar surface area (TPSA) is 0 Å². The third-order valence-electron chi connectivity index (χ3n) is 11.3. The fourth-order valence-corrected chi connectivity index (χ4v) is 7.79. The quantitative estimate of drug-likeness (QED) is 0.173. The van der Waals surface area contributed by atoms with Gasteiger partial charge < -0.3 is 0 Å². The highest BCUT2D eigenvalue weighted by atomic mass is 14.2. The van der Waals surface area contributed by atoms with Gasteiger partial charge in [0.2, 0.25) is 0 Å². The van der Waals surface area contributed by atoms with Crippen LogP contribution < -0.4 is 0 Å². The molecule has 0 spiro atoms. The van der Waals surface area contributed by atoms with Crippen LogP contribution in [0.25, 0.3) is 66.1 Å². The second-order valence-corrected chi connectivity index (χ2v) is 15.1. The molecule has 8 aromatic rings. The van der Waals surface area contributed by atoms with Crippen LogP contribution >= 0.6 is 0 Å². The van der Waals surface area contributed by atoms with Crippen molar-refractivity contribution in [3.05, 3.63) is 190 Å². The number of rotatable bonds is 4. The van der Waals surface area contributed by atoms with Gasteiger partial charge in [0.15, 0.2) is 0 Å². The molecule has 53 heavy (non-hydrogen) atoms. The molecular formula is C53H50. The van der Waals surface area contributed by atoms with Crippen molar-refractivity contribution >= 4 is 21.5 Å². The van der Waals surface area contributed by atoms with Crippen LogP contribution in [0, 0.1) is 62.3 Å². The van der Waals surface area contributed by atoms with E-state index in [0.29, 0.717) is 0 Å². The first kappa shape index (κ1) is 35.7. The minimum absolute atomic E-state index is 1.29. The van der Waals surface area contributed by atoms with Crippen molar-refractivity contribution in [2.75, 3.05) is 0 Å². The lowest BCUT2D eigenvalue weighted by atomic mass is 9.87. The monoisotopic (exact) mass is 686 g/mol. The lowest BCUT2D eigenvalue weighted by Gasteiger charge is -2.17. The number of hydrogen-bond acceptors (Lipinski definition) is 0. The van der Waals surface area contributed by atoms with E-state index in [9.17, 15) is 0 Å². The van der Waals surface area contributed by atoms with E-state index in [0.717, 1.165) is 0 Å². The Kier molecular flexibility index (Phi) is 9.91. The molecule has 0 aliphatic rings. The predicted molar refractivity (Wildman–Crippen MR) is 232 cm³/mol. The molecule has 8 aromatic carbocycles. The average molecular weight is 687 g/mol. The Morgan fingerprint density at radius 2 is 0.585 bits per heavy atom. The van der Waals surface area contributed by atoms with Gasteiger partial charge in [-0.3, -0.25) is 0 Å². The SMILES string of the molecule is Cc1ccc(-c2cc3ccc(-c4ccc(C)cc4)c(C)c3c(C)c2C)cc1.Cc1ccc(-c2ccc(-c3ccc4cc(C)ccc4c3)c(C)c2C)cc1. The Morgan fingerprint density at radius 3 is 1.13 bits per heavy atom. The molecule has 0 atom stereocenters. The molecule has 0 radical (unpaired) electrons. The summed E-state index contributed by atoms with van der Waals surface area (Å²) in [6.07, 6.45) is 0. The standard InChI is InChI=1S/C27H26.C26H24/c1-17-6-10-22(11-7-17)25-15-14-24-16-26(23-12-8-18(2)9-13-23)19(3)20(4)27(24)21(25)5;1-17-5-8-21(9-6-17)25-13-14-26(20(4)19(25)3)24-12-11-22-15-18(2)7-10-23(22)16-24/h6-16H,1-5H3;5-16H,1-4H3. The minimum atomic E-state index is 1.29. The molecule has 0 aromatic heterocycles. The van der Waals surface area contributed by atoms with Crippen LogP contribution in [0.5, 0.6) is 0 Å². The first-order chi connectivity index (χ1) is 25.5. The zero-order valence-electron chi connectivity index (χ0n) is 32.8. The largest absolute Gasteiger partial charge is 0.0587 e. The van der Waals surface area contributed by atoms with Gasteiger partial charge in [-0.2, -0.15) is 0 Å². The molecule has 0 unspecified atom stereocenters. The van der Waals surface area contributed by atoms with Gasteiger partial charge in [-0.1, -0.05) is 150 Å². The fraction of sp³-hybridized carbons (Fsp3) is 0.170. The van der Waals surface area contributed by atoms with Crippen LogP contribution in [-0.4, -0.2) is 0 Å². The van der Waals surface area contributed by atoms with E-state index >= 15 is 0 Å². The van der Waals surface area contributed by atoms with Gasteiger partial charge in [0.1, 0.15) is 0 Å². The number of hydrogen-bond donors (Lipinski definition) is 0. The molecular weight excluding hydrogens is 637 g/mol. The summed E-state index contributed by atoms with van der Waals surface area (Å²) in [5.74, 6) is 0. The summed E-state index contributed by atoms with van der Waals surface area (Å²) in [7, 11) is 0. The molecule has 0 fully saturated rings. The maximum absolute atomic E-state index is 2.36. The Labute approximate surface area is 316 Å². The Balaban J connectivity index is 0.000000164. The van der Waals surface area contributed by atoms with Crippen LogP contribution in [0.15, 0.2) is 140 Å². The fourth-order valence-electron chi connectivity index (χ4n) is 7.79. The summed E-state index contributed by atoms with van der Waals surface area (Å²) in [6.45, 7) is 19.8. The van der Waals surface area contributed by atoms with Crippen molar-refractivity contribution in [3.8, 4) is 44.5 Å².